The van der Waals surface area contributed by atoms with Crippen molar-refractivity contribution in [3.8, 4) is 0 Å². The van der Waals surface area contributed by atoms with Crippen LogP contribution in [0.2, 0.25) is 0 Å². The lowest BCUT2D eigenvalue weighted by Gasteiger charge is -2.48. The van der Waals surface area contributed by atoms with Crippen molar-refractivity contribution in [1.82, 2.24) is 14.5 Å². The minimum atomic E-state index is -0.862. The average Bonchev–Trinajstić information content (AvgIpc) is 3.58. The molecular formula is C31H25N3O8. The minimum absolute atomic E-state index is 0.118. The Bertz CT molecular complexity index is 2060. The second-order valence-electron chi connectivity index (χ2n) is 10.9. The Labute approximate surface area is 237 Å². The number of rotatable bonds is 4. The Balaban J connectivity index is 1.56. The fourth-order valence-electron chi connectivity index (χ4n) is 7.35. The maximum Gasteiger partial charge on any atom is 0.303 e. The van der Waals surface area contributed by atoms with Gasteiger partial charge in [0.2, 0.25) is 0 Å². The summed E-state index contributed by atoms with van der Waals surface area (Å²) in [6.45, 7) is 2.53. The van der Waals surface area contributed by atoms with E-state index in [4.69, 9.17) is 18.9 Å². The lowest BCUT2D eigenvalue weighted by Crippen LogP contribution is -2.57. The molecule has 3 aliphatic rings. The van der Waals surface area contributed by atoms with Crippen molar-refractivity contribution in [1.29, 1.82) is 0 Å². The number of nitrogens with one attached hydrogen (secondary N) is 1. The molecule has 11 nitrogen and oxygen atoms in total. The Morgan fingerprint density at radius 3 is 1.98 bits per heavy atom. The van der Waals surface area contributed by atoms with Crippen molar-refractivity contribution < 1.29 is 38.1 Å². The number of imide groups is 1. The highest BCUT2D eigenvalue weighted by Crippen LogP contribution is 2.54. The van der Waals surface area contributed by atoms with Crippen LogP contribution in [0.3, 0.4) is 0 Å². The Kier molecular flexibility index (Phi) is 5.14. The molecule has 3 aromatic carbocycles. The highest BCUT2D eigenvalue weighted by atomic mass is 16.6. The highest BCUT2D eigenvalue weighted by molar-refractivity contribution is 6.39. The van der Waals surface area contributed by atoms with Crippen LogP contribution in [0.4, 0.5) is 0 Å². The first-order valence-corrected chi connectivity index (χ1v) is 13.7. The van der Waals surface area contributed by atoms with E-state index in [1.54, 1.807) is 0 Å². The zero-order valence-corrected chi connectivity index (χ0v) is 22.9. The van der Waals surface area contributed by atoms with Gasteiger partial charge in [-0.25, -0.2) is 0 Å². The first-order chi connectivity index (χ1) is 20.3. The van der Waals surface area contributed by atoms with Gasteiger partial charge in [0.25, 0.3) is 11.8 Å². The van der Waals surface area contributed by atoms with Gasteiger partial charge in [0.1, 0.15) is 24.9 Å². The van der Waals surface area contributed by atoms with Crippen LogP contribution in [-0.4, -0.2) is 64.9 Å². The van der Waals surface area contributed by atoms with Crippen LogP contribution in [-0.2, 0) is 28.5 Å². The summed E-state index contributed by atoms with van der Waals surface area (Å²) in [6, 6.07) is 14.6. The predicted molar refractivity (Wildman–Crippen MR) is 150 cm³/mol. The molecule has 1 N–H and O–H groups in total. The predicted octanol–water partition coefficient (Wildman–Crippen LogP) is 3.75. The maximum absolute atomic E-state index is 13.4. The molecule has 42 heavy (non-hydrogen) atoms. The zero-order valence-electron chi connectivity index (χ0n) is 22.9. The summed E-state index contributed by atoms with van der Waals surface area (Å²) in [7, 11) is 1.50. The maximum atomic E-state index is 13.4. The lowest BCUT2D eigenvalue weighted by molar-refractivity contribution is -0.241. The van der Waals surface area contributed by atoms with Gasteiger partial charge in [-0.05, 0) is 12.1 Å². The second kappa shape index (κ2) is 8.63. The zero-order chi connectivity index (χ0) is 29.0. The molecule has 0 aliphatic carbocycles. The van der Waals surface area contributed by atoms with Crippen LogP contribution in [0.1, 0.15) is 46.8 Å². The molecule has 1 fully saturated rings. The van der Waals surface area contributed by atoms with Crippen molar-refractivity contribution in [2.75, 3.05) is 13.7 Å². The van der Waals surface area contributed by atoms with Crippen LogP contribution < -0.4 is 5.32 Å². The standard InChI is InChI=1S/C31H25N3O8/c1-13(35)40-12-19-27(39-3)28(41-14(2)36)26-31(42-19)34-18-11-7-5-9-16(18)21-23-22(29(37)32-30(23)38)20-15-8-4-6-10-17(15)33(26)24(20)25(21)34/h4-11,19,26-28,31H,12H2,1-3H3,(H,32,37,38)/t19-,26+,27-,28-,31-/m1/s1. The van der Waals surface area contributed by atoms with E-state index in [1.165, 1.54) is 21.0 Å². The van der Waals surface area contributed by atoms with Crippen molar-refractivity contribution in [3.63, 3.8) is 0 Å². The Morgan fingerprint density at radius 2 is 1.40 bits per heavy atom. The molecule has 0 radical (unpaired) electrons. The smallest absolute Gasteiger partial charge is 0.303 e. The van der Waals surface area contributed by atoms with E-state index in [0.717, 1.165) is 32.8 Å². The largest absolute Gasteiger partial charge is 0.463 e. The third kappa shape index (κ3) is 3.06. The molecular weight excluding hydrogens is 542 g/mol. The molecule has 0 saturated carbocycles. The summed E-state index contributed by atoms with van der Waals surface area (Å²) >= 11 is 0. The molecule has 5 heterocycles. The van der Waals surface area contributed by atoms with E-state index in [9.17, 15) is 19.2 Å². The van der Waals surface area contributed by atoms with E-state index < -0.39 is 54.3 Å². The number of hydrogen-bond acceptors (Lipinski definition) is 8. The van der Waals surface area contributed by atoms with E-state index in [2.05, 4.69) is 9.88 Å². The molecule has 0 bridgehead atoms. The van der Waals surface area contributed by atoms with Gasteiger partial charge in [-0.15, -0.1) is 0 Å². The van der Waals surface area contributed by atoms with Gasteiger partial charge < -0.3 is 28.1 Å². The molecule has 3 aliphatic heterocycles. The SMILES string of the molecule is CO[C@H]1[C@H](OC(C)=O)[C@H]2[C@@H](O[C@@H]1COC(C)=O)n1c3ccccc3c3c4c(c5c6ccccc6n2c5c31)C(=O)NC4=O. The number of amides is 2. The number of fused-ring (bicyclic) bond motifs is 12. The van der Waals surface area contributed by atoms with Gasteiger partial charge in [0.15, 0.2) is 12.3 Å². The first-order valence-electron chi connectivity index (χ1n) is 13.7. The summed E-state index contributed by atoms with van der Waals surface area (Å²) in [5, 5.41) is 5.38. The van der Waals surface area contributed by atoms with E-state index in [-0.39, 0.29) is 6.61 Å². The second-order valence-corrected chi connectivity index (χ2v) is 10.9. The summed E-state index contributed by atoms with van der Waals surface area (Å²) < 4.78 is 28.1. The van der Waals surface area contributed by atoms with Crippen LogP contribution >= 0.6 is 0 Å². The number of carbonyl (C=O) groups is 4. The van der Waals surface area contributed by atoms with E-state index in [1.807, 2.05) is 53.1 Å². The topological polar surface area (TPSA) is 127 Å². The quantitative estimate of drug-likeness (QED) is 0.257. The molecule has 5 aromatic rings. The molecule has 212 valence electrons. The number of aromatic nitrogens is 2. The third-order valence-corrected chi connectivity index (χ3v) is 8.69. The first kappa shape index (κ1) is 25.0. The summed E-state index contributed by atoms with van der Waals surface area (Å²) in [5.41, 5.74) is 3.70. The van der Waals surface area contributed by atoms with Crippen LogP contribution in [0, 0.1) is 0 Å². The lowest BCUT2D eigenvalue weighted by atomic mass is 9.92. The number of methoxy groups -OCH3 is 1. The molecule has 5 atom stereocenters. The molecule has 1 saturated heterocycles. The normalized spacial score (nSPS) is 24.4. The number of hydrogen-bond donors (Lipinski definition) is 1. The molecule has 8 rings (SSSR count). The van der Waals surface area contributed by atoms with Crippen molar-refractivity contribution in [2.24, 2.45) is 0 Å². The molecule has 2 aromatic heterocycles. The van der Waals surface area contributed by atoms with Gasteiger partial charge in [-0.2, -0.15) is 0 Å². The van der Waals surface area contributed by atoms with Gasteiger partial charge >= 0.3 is 11.9 Å². The summed E-state index contributed by atoms with van der Waals surface area (Å²) in [5.74, 6) is -1.89. The van der Waals surface area contributed by atoms with E-state index >= 15 is 0 Å². The molecule has 2 amide bonds. The number of ether oxygens (including phenoxy) is 4. The fourth-order valence-corrected chi connectivity index (χ4v) is 7.35. The van der Waals surface area contributed by atoms with Gasteiger partial charge in [-0.3, -0.25) is 24.5 Å². The van der Waals surface area contributed by atoms with Crippen molar-refractivity contribution in [3.05, 3.63) is 59.7 Å². The van der Waals surface area contributed by atoms with Crippen LogP contribution in [0.5, 0.6) is 0 Å². The monoisotopic (exact) mass is 567 g/mol. The number of nitrogens with zero attached hydrogens (tertiary/aromatic N) is 2. The number of para-hydroxylation sites is 2. The van der Waals surface area contributed by atoms with Crippen LogP contribution in [0.15, 0.2) is 48.5 Å². The average molecular weight is 568 g/mol. The summed E-state index contributed by atoms with van der Waals surface area (Å²) in [6.07, 6.45) is -3.19. The van der Waals surface area contributed by atoms with Crippen molar-refractivity contribution >= 4 is 67.4 Å². The van der Waals surface area contributed by atoms with Gasteiger partial charge in [-0.1, -0.05) is 36.4 Å². The fraction of sp³-hybridized carbons (Fsp3) is 0.290. The molecule has 0 unspecified atom stereocenters. The minimum Gasteiger partial charge on any atom is -0.463 e. The molecule has 0 spiro atoms. The van der Waals surface area contributed by atoms with E-state index in [0.29, 0.717) is 21.9 Å². The highest BCUT2D eigenvalue weighted by Gasteiger charge is 2.54. The summed E-state index contributed by atoms with van der Waals surface area (Å²) in [4.78, 5) is 51.2. The number of esters is 2. The Morgan fingerprint density at radius 1 is 0.833 bits per heavy atom. The van der Waals surface area contributed by atoms with Gasteiger partial charge in [0.05, 0.1) is 27.7 Å². The Hall–Kier alpha value is -4.74. The number of benzene rings is 3. The number of carbonyl (C=O) groups excluding carboxylic acids is 4. The molecule has 11 heteroatoms. The third-order valence-electron chi connectivity index (χ3n) is 8.69. The van der Waals surface area contributed by atoms with Gasteiger partial charge in [0, 0.05) is 48.0 Å². The van der Waals surface area contributed by atoms with Crippen molar-refractivity contribution in [2.45, 2.75) is 44.4 Å². The van der Waals surface area contributed by atoms with Crippen LogP contribution in [0.25, 0.3) is 43.6 Å².